The molecule has 0 unspecified atom stereocenters. The predicted octanol–water partition coefficient (Wildman–Crippen LogP) is 4.85. The van der Waals surface area contributed by atoms with Gasteiger partial charge in [0.25, 0.3) is 5.91 Å². The Morgan fingerprint density at radius 2 is 1.85 bits per heavy atom. The molecule has 4 nitrogen and oxygen atoms in total. The van der Waals surface area contributed by atoms with E-state index in [0.717, 1.165) is 22.0 Å². The zero-order valence-corrected chi connectivity index (χ0v) is 15.8. The lowest BCUT2D eigenvalue weighted by Crippen LogP contribution is -2.35. The molecular formula is C19H17ClFN3OS. The van der Waals surface area contributed by atoms with Gasteiger partial charge in [0.1, 0.15) is 5.82 Å². The van der Waals surface area contributed by atoms with E-state index in [0.29, 0.717) is 15.6 Å². The zero-order chi connectivity index (χ0) is 18.8. The number of aryl methyl sites for hydroxylation is 1. The Balaban J connectivity index is 1.77. The number of carbonyl (C=O) groups excluding carboxylic acids is 1. The number of rotatable bonds is 5. The molecule has 0 radical (unpaired) electrons. The van der Waals surface area contributed by atoms with Crippen molar-refractivity contribution in [3.05, 3.63) is 81.0 Å². The van der Waals surface area contributed by atoms with Crippen molar-refractivity contribution in [2.24, 2.45) is 0 Å². The Labute approximate surface area is 159 Å². The standard InChI is InChI=1S/C19H17ClFN3OS/c1-11-10-16(13(3)24(11)15-6-4-14(21)5-7-15)19(25)23-22-12(2)17-8-9-18(20)26-17/h4-10,22H,2H2,1,3H3,(H,23,25). The fraction of sp³-hybridized carbons (Fsp3) is 0.105. The summed E-state index contributed by atoms with van der Waals surface area (Å²) in [6, 6.07) is 11.5. The number of hydrogen-bond acceptors (Lipinski definition) is 3. The summed E-state index contributed by atoms with van der Waals surface area (Å²) in [6.45, 7) is 7.63. The van der Waals surface area contributed by atoms with Crippen LogP contribution >= 0.6 is 22.9 Å². The first kappa shape index (κ1) is 18.2. The molecule has 26 heavy (non-hydrogen) atoms. The molecule has 2 heterocycles. The summed E-state index contributed by atoms with van der Waals surface area (Å²) < 4.78 is 15.7. The monoisotopic (exact) mass is 389 g/mol. The van der Waals surface area contributed by atoms with Gasteiger partial charge in [-0.1, -0.05) is 18.2 Å². The second-order valence-electron chi connectivity index (χ2n) is 5.76. The molecule has 134 valence electrons. The zero-order valence-electron chi connectivity index (χ0n) is 14.3. The molecule has 0 fully saturated rings. The van der Waals surface area contributed by atoms with Gasteiger partial charge in [0.2, 0.25) is 0 Å². The van der Waals surface area contributed by atoms with E-state index in [1.54, 1.807) is 24.3 Å². The number of amides is 1. The third-order valence-electron chi connectivity index (χ3n) is 3.96. The normalized spacial score (nSPS) is 10.6. The number of aromatic nitrogens is 1. The largest absolute Gasteiger partial charge is 0.318 e. The number of nitrogens with zero attached hydrogens (tertiary/aromatic N) is 1. The third kappa shape index (κ3) is 3.66. The van der Waals surface area contributed by atoms with E-state index in [1.165, 1.54) is 23.5 Å². The maximum Gasteiger partial charge on any atom is 0.271 e. The topological polar surface area (TPSA) is 46.1 Å². The van der Waals surface area contributed by atoms with E-state index < -0.39 is 0 Å². The van der Waals surface area contributed by atoms with Crippen LogP contribution in [0, 0.1) is 19.7 Å². The van der Waals surface area contributed by atoms with Gasteiger partial charge in [-0.3, -0.25) is 15.6 Å². The molecule has 0 aliphatic rings. The molecule has 3 aromatic rings. The van der Waals surface area contributed by atoms with Crippen molar-refractivity contribution in [1.82, 2.24) is 15.4 Å². The smallest absolute Gasteiger partial charge is 0.271 e. The molecule has 2 N–H and O–H groups in total. The lowest BCUT2D eigenvalue weighted by atomic mass is 10.2. The number of thiophene rings is 1. The fourth-order valence-electron chi connectivity index (χ4n) is 2.72. The van der Waals surface area contributed by atoms with Gasteiger partial charge in [-0.2, -0.15) is 0 Å². The van der Waals surface area contributed by atoms with Crippen LogP contribution in [0.15, 0.2) is 49.0 Å². The van der Waals surface area contributed by atoms with Crippen LogP contribution in [-0.2, 0) is 0 Å². The van der Waals surface area contributed by atoms with Crippen LogP contribution in [-0.4, -0.2) is 10.5 Å². The number of benzene rings is 1. The lowest BCUT2D eigenvalue weighted by Gasteiger charge is -2.11. The minimum absolute atomic E-state index is 0.282. The first-order chi connectivity index (χ1) is 12.4. The van der Waals surface area contributed by atoms with Gasteiger partial charge < -0.3 is 4.57 Å². The van der Waals surface area contributed by atoms with Crippen molar-refractivity contribution < 1.29 is 9.18 Å². The highest BCUT2D eigenvalue weighted by Crippen LogP contribution is 2.25. The number of halogens is 2. The summed E-state index contributed by atoms with van der Waals surface area (Å²) in [5.74, 6) is -0.583. The first-order valence-corrected chi connectivity index (χ1v) is 9.02. The summed E-state index contributed by atoms with van der Waals surface area (Å²) in [7, 11) is 0. The Morgan fingerprint density at radius 3 is 2.46 bits per heavy atom. The summed E-state index contributed by atoms with van der Waals surface area (Å²) >= 11 is 7.28. The SMILES string of the molecule is C=C(NNC(=O)c1cc(C)n(-c2ccc(F)cc2)c1C)c1ccc(Cl)s1. The Kier molecular flexibility index (Phi) is 5.15. The van der Waals surface area contributed by atoms with Crippen molar-refractivity contribution in [2.75, 3.05) is 0 Å². The highest BCUT2D eigenvalue weighted by molar-refractivity contribution is 7.17. The van der Waals surface area contributed by atoms with Gasteiger partial charge >= 0.3 is 0 Å². The summed E-state index contributed by atoms with van der Waals surface area (Å²) in [5, 5.41) is 0. The predicted molar refractivity (Wildman–Crippen MR) is 104 cm³/mol. The van der Waals surface area contributed by atoms with Crippen LogP contribution in [0.25, 0.3) is 11.4 Å². The van der Waals surface area contributed by atoms with Crippen LogP contribution in [0.1, 0.15) is 26.6 Å². The minimum atomic E-state index is -0.300. The van der Waals surface area contributed by atoms with Gasteiger partial charge in [0, 0.05) is 17.1 Å². The van der Waals surface area contributed by atoms with E-state index in [2.05, 4.69) is 17.4 Å². The van der Waals surface area contributed by atoms with Crippen molar-refractivity contribution >= 4 is 34.5 Å². The molecule has 3 rings (SSSR count). The van der Waals surface area contributed by atoms with Crippen LogP contribution in [0.5, 0.6) is 0 Å². The maximum atomic E-state index is 13.2. The maximum absolute atomic E-state index is 13.2. The van der Waals surface area contributed by atoms with Crippen molar-refractivity contribution in [3.63, 3.8) is 0 Å². The van der Waals surface area contributed by atoms with E-state index in [1.807, 2.05) is 24.5 Å². The molecule has 2 aromatic heterocycles. The Bertz CT molecular complexity index is 975. The van der Waals surface area contributed by atoms with Gasteiger partial charge in [-0.15, -0.1) is 11.3 Å². The van der Waals surface area contributed by atoms with Crippen LogP contribution < -0.4 is 10.9 Å². The Hall–Kier alpha value is -2.57. The average molecular weight is 390 g/mol. The van der Waals surface area contributed by atoms with Crippen molar-refractivity contribution in [3.8, 4) is 5.69 Å². The molecule has 1 aromatic carbocycles. The number of hydrogen-bond donors (Lipinski definition) is 2. The molecule has 0 aliphatic carbocycles. The van der Waals surface area contributed by atoms with E-state index in [9.17, 15) is 9.18 Å². The minimum Gasteiger partial charge on any atom is -0.318 e. The van der Waals surface area contributed by atoms with Crippen LogP contribution in [0.3, 0.4) is 0 Å². The quantitative estimate of drug-likeness (QED) is 0.612. The first-order valence-electron chi connectivity index (χ1n) is 7.82. The van der Waals surface area contributed by atoms with Gasteiger partial charge in [0.05, 0.1) is 20.5 Å². The molecule has 0 bridgehead atoms. The van der Waals surface area contributed by atoms with Gasteiger partial charge in [-0.25, -0.2) is 4.39 Å². The molecule has 0 saturated heterocycles. The number of carbonyl (C=O) groups is 1. The highest BCUT2D eigenvalue weighted by atomic mass is 35.5. The van der Waals surface area contributed by atoms with Gasteiger partial charge in [-0.05, 0) is 56.3 Å². The third-order valence-corrected chi connectivity index (χ3v) is 5.25. The molecule has 1 amide bonds. The number of nitrogens with one attached hydrogen (secondary N) is 2. The Morgan fingerprint density at radius 1 is 1.15 bits per heavy atom. The van der Waals surface area contributed by atoms with Gasteiger partial charge in [0.15, 0.2) is 0 Å². The molecule has 0 saturated carbocycles. The van der Waals surface area contributed by atoms with Crippen LogP contribution in [0.4, 0.5) is 4.39 Å². The van der Waals surface area contributed by atoms with E-state index >= 15 is 0 Å². The summed E-state index contributed by atoms with van der Waals surface area (Å²) in [5.41, 5.74) is 8.98. The molecule has 0 aliphatic heterocycles. The molecule has 7 heteroatoms. The van der Waals surface area contributed by atoms with E-state index in [-0.39, 0.29) is 11.7 Å². The fourth-order valence-corrected chi connectivity index (χ4v) is 3.69. The molecular weight excluding hydrogens is 373 g/mol. The van der Waals surface area contributed by atoms with Crippen LogP contribution in [0.2, 0.25) is 4.34 Å². The second kappa shape index (κ2) is 7.35. The lowest BCUT2D eigenvalue weighted by molar-refractivity contribution is 0.0942. The van der Waals surface area contributed by atoms with Crippen molar-refractivity contribution in [2.45, 2.75) is 13.8 Å². The summed E-state index contributed by atoms with van der Waals surface area (Å²) in [4.78, 5) is 13.4. The number of hydrazine groups is 1. The molecule has 0 spiro atoms. The highest BCUT2D eigenvalue weighted by Gasteiger charge is 2.17. The van der Waals surface area contributed by atoms with E-state index in [4.69, 9.17) is 11.6 Å². The molecule has 0 atom stereocenters. The summed E-state index contributed by atoms with van der Waals surface area (Å²) in [6.07, 6.45) is 0. The second-order valence-corrected chi connectivity index (χ2v) is 7.47. The van der Waals surface area contributed by atoms with Crippen molar-refractivity contribution in [1.29, 1.82) is 0 Å². The average Bonchev–Trinajstić information content (AvgIpc) is 3.17.